The van der Waals surface area contributed by atoms with E-state index in [0.717, 1.165) is 38.5 Å². The van der Waals surface area contributed by atoms with E-state index < -0.39 is 26.6 Å². The first-order chi connectivity index (χ1) is 21.3. The van der Waals surface area contributed by atoms with Gasteiger partial charge in [-0.15, -0.1) is 0 Å². The minimum atomic E-state index is -4.70. The Morgan fingerprint density at radius 3 is 1.39 bits per heavy atom. The molecule has 0 aliphatic carbocycles. The number of hydrogen-bond acceptors (Lipinski definition) is 4. The van der Waals surface area contributed by atoms with E-state index in [0.29, 0.717) is 6.42 Å². The molecule has 8 heteroatoms. The largest absolute Gasteiger partial charge is 0.469 e. The van der Waals surface area contributed by atoms with Gasteiger partial charge in [0.25, 0.3) is 0 Å². The van der Waals surface area contributed by atoms with Crippen LogP contribution in [0.1, 0.15) is 194 Å². The van der Waals surface area contributed by atoms with Crippen LogP contribution < -0.4 is 5.32 Å². The molecule has 0 radical (unpaired) electrons. The molecule has 7 nitrogen and oxygen atoms in total. The first kappa shape index (κ1) is 43.3. The molecule has 0 bridgehead atoms. The van der Waals surface area contributed by atoms with Crippen LogP contribution in [0.15, 0.2) is 12.2 Å². The average molecular weight is 646 g/mol. The van der Waals surface area contributed by atoms with Crippen molar-refractivity contribution in [2.45, 2.75) is 206 Å². The Morgan fingerprint density at radius 2 is 1.00 bits per heavy atom. The van der Waals surface area contributed by atoms with Gasteiger partial charge in [-0.25, -0.2) is 4.57 Å². The van der Waals surface area contributed by atoms with Crippen molar-refractivity contribution >= 4 is 13.7 Å². The third kappa shape index (κ3) is 32.7. The van der Waals surface area contributed by atoms with E-state index in [1.165, 1.54) is 135 Å². The third-order valence-electron chi connectivity index (χ3n) is 8.50. The maximum atomic E-state index is 12.5. The summed E-state index contributed by atoms with van der Waals surface area (Å²) in [6.45, 7) is 4.06. The molecule has 0 fully saturated rings. The van der Waals surface area contributed by atoms with Crippen molar-refractivity contribution in [3.05, 3.63) is 12.2 Å². The zero-order valence-corrected chi connectivity index (χ0v) is 29.7. The summed E-state index contributed by atoms with van der Waals surface area (Å²) in [5.74, 6) is -0.225. The van der Waals surface area contributed by atoms with Crippen molar-refractivity contribution in [1.82, 2.24) is 5.32 Å². The number of phosphoric ester groups is 1. The molecular weight excluding hydrogens is 573 g/mol. The van der Waals surface area contributed by atoms with Crippen molar-refractivity contribution in [3.63, 3.8) is 0 Å². The molecule has 0 unspecified atom stereocenters. The Kier molecular flexibility index (Phi) is 31.7. The number of allylic oxidation sites excluding steroid dienone is 1. The number of aliphatic hydroxyl groups is 1. The first-order valence-electron chi connectivity index (χ1n) is 18.6. The Bertz CT molecular complexity index is 698. The first-order valence-corrected chi connectivity index (χ1v) is 20.2. The van der Waals surface area contributed by atoms with E-state index in [-0.39, 0.29) is 5.91 Å². The minimum absolute atomic E-state index is 0.225. The molecule has 4 N–H and O–H groups in total. The Hall–Kier alpha value is -0.720. The zero-order chi connectivity index (χ0) is 32.6. The van der Waals surface area contributed by atoms with Gasteiger partial charge in [0.1, 0.15) is 0 Å². The van der Waals surface area contributed by atoms with E-state index in [4.69, 9.17) is 9.79 Å². The van der Waals surface area contributed by atoms with Gasteiger partial charge in [-0.3, -0.25) is 9.32 Å². The molecule has 0 spiro atoms. The molecule has 0 saturated carbocycles. The highest BCUT2D eigenvalue weighted by atomic mass is 31.2. The van der Waals surface area contributed by atoms with Gasteiger partial charge in [-0.05, 0) is 19.3 Å². The summed E-state index contributed by atoms with van der Waals surface area (Å²) in [7, 11) is -4.70. The van der Waals surface area contributed by atoms with Gasteiger partial charge in [-0.1, -0.05) is 180 Å². The fraction of sp³-hybridized carbons (Fsp3) is 0.917. The topological polar surface area (TPSA) is 116 Å². The van der Waals surface area contributed by atoms with E-state index in [1.807, 2.05) is 6.08 Å². The molecule has 0 aromatic rings. The highest BCUT2D eigenvalue weighted by molar-refractivity contribution is 7.46. The number of amides is 1. The number of carbonyl (C=O) groups excluding carboxylic acids is 1. The maximum absolute atomic E-state index is 12.5. The molecule has 0 aromatic carbocycles. The van der Waals surface area contributed by atoms with Crippen molar-refractivity contribution < 1.29 is 28.8 Å². The minimum Gasteiger partial charge on any atom is -0.387 e. The quantitative estimate of drug-likeness (QED) is 0.0314. The zero-order valence-electron chi connectivity index (χ0n) is 28.8. The molecule has 0 heterocycles. The summed E-state index contributed by atoms with van der Waals surface area (Å²) in [5, 5.41) is 13.3. The van der Waals surface area contributed by atoms with Crippen molar-refractivity contribution in [3.8, 4) is 0 Å². The second-order valence-corrected chi connectivity index (χ2v) is 14.1. The standard InChI is InChI=1S/C36H72NO6P/c1-3-5-7-9-11-13-15-17-18-19-20-22-24-26-28-30-32-36(39)37-34(33-43-44(40,41)42)35(38)31-29-27-25-23-21-16-14-12-10-8-6-4-2/h29,31,34-35,38H,3-28,30,32-33H2,1-2H3,(H,37,39)(H2,40,41,42)/b31-29+/t34-,35+/m0/s1. The summed E-state index contributed by atoms with van der Waals surface area (Å²) in [5.41, 5.74) is 0. The number of rotatable bonds is 34. The molecule has 0 aliphatic rings. The van der Waals surface area contributed by atoms with Crippen LogP contribution in [-0.2, 0) is 13.9 Å². The number of aliphatic hydroxyl groups excluding tert-OH is 1. The lowest BCUT2D eigenvalue weighted by Gasteiger charge is -2.22. The fourth-order valence-corrected chi connectivity index (χ4v) is 5.99. The summed E-state index contributed by atoms with van der Waals surface area (Å²) < 4.78 is 15.8. The van der Waals surface area contributed by atoms with Gasteiger partial charge in [0.2, 0.25) is 5.91 Å². The third-order valence-corrected chi connectivity index (χ3v) is 8.98. The highest BCUT2D eigenvalue weighted by Gasteiger charge is 2.24. The van der Waals surface area contributed by atoms with Crippen LogP contribution in [0.2, 0.25) is 0 Å². The highest BCUT2D eigenvalue weighted by Crippen LogP contribution is 2.35. The number of nitrogens with one attached hydrogen (secondary N) is 1. The van der Waals surface area contributed by atoms with Crippen LogP contribution in [0, 0.1) is 0 Å². The number of carbonyl (C=O) groups is 1. The molecule has 262 valence electrons. The SMILES string of the molecule is CCCCCCCCCCCC/C=C/[C@@H](O)[C@H](COP(=O)(O)O)NC(=O)CCCCCCCCCCCCCCCCCC. The molecule has 0 rings (SSSR count). The molecule has 0 aromatic heterocycles. The van der Waals surface area contributed by atoms with Gasteiger partial charge >= 0.3 is 7.82 Å². The lowest BCUT2D eigenvalue weighted by molar-refractivity contribution is -0.123. The van der Waals surface area contributed by atoms with E-state index >= 15 is 0 Å². The smallest absolute Gasteiger partial charge is 0.387 e. The monoisotopic (exact) mass is 646 g/mol. The van der Waals surface area contributed by atoms with Gasteiger partial charge < -0.3 is 20.2 Å². The van der Waals surface area contributed by atoms with Crippen LogP contribution in [0.4, 0.5) is 0 Å². The molecule has 1 amide bonds. The predicted octanol–water partition coefficient (Wildman–Crippen LogP) is 10.5. The van der Waals surface area contributed by atoms with Gasteiger partial charge in [-0.2, -0.15) is 0 Å². The lowest BCUT2D eigenvalue weighted by Crippen LogP contribution is -2.45. The van der Waals surface area contributed by atoms with Crippen molar-refractivity contribution in [2.75, 3.05) is 6.61 Å². The Labute approximate surface area is 272 Å². The Morgan fingerprint density at radius 1 is 0.636 bits per heavy atom. The summed E-state index contributed by atoms with van der Waals surface area (Å²) in [4.78, 5) is 30.7. The second kappa shape index (κ2) is 32.2. The van der Waals surface area contributed by atoms with Crippen molar-refractivity contribution in [1.29, 1.82) is 0 Å². The number of phosphoric acid groups is 1. The van der Waals surface area contributed by atoms with Gasteiger partial charge in [0.05, 0.1) is 18.8 Å². The Balaban J connectivity index is 4.00. The van der Waals surface area contributed by atoms with Gasteiger partial charge in [0, 0.05) is 6.42 Å². The van der Waals surface area contributed by atoms with Crippen LogP contribution in [0.25, 0.3) is 0 Å². The maximum Gasteiger partial charge on any atom is 0.469 e. The summed E-state index contributed by atoms with van der Waals surface area (Å²) >= 11 is 0. The lowest BCUT2D eigenvalue weighted by atomic mass is 10.0. The van der Waals surface area contributed by atoms with Crippen LogP contribution in [-0.4, -0.2) is 39.6 Å². The second-order valence-electron chi connectivity index (χ2n) is 12.9. The normalized spacial score (nSPS) is 13.5. The molecule has 0 aliphatic heterocycles. The average Bonchev–Trinajstić information content (AvgIpc) is 2.99. The van der Waals surface area contributed by atoms with Crippen LogP contribution in [0.5, 0.6) is 0 Å². The number of unbranched alkanes of at least 4 members (excludes halogenated alkanes) is 25. The van der Waals surface area contributed by atoms with E-state index in [9.17, 15) is 14.5 Å². The summed E-state index contributed by atoms with van der Waals surface area (Å²) in [6.07, 6.45) is 36.5. The van der Waals surface area contributed by atoms with Crippen LogP contribution >= 0.6 is 7.82 Å². The molecular formula is C36H72NO6P. The van der Waals surface area contributed by atoms with Gasteiger partial charge in [0.15, 0.2) is 0 Å². The molecule has 0 saturated heterocycles. The van der Waals surface area contributed by atoms with E-state index in [2.05, 4.69) is 23.7 Å². The fourth-order valence-electron chi connectivity index (χ4n) is 5.64. The molecule has 44 heavy (non-hydrogen) atoms. The summed E-state index contributed by atoms with van der Waals surface area (Å²) in [6, 6.07) is -0.903. The predicted molar refractivity (Wildman–Crippen MR) is 186 cm³/mol. The molecule has 2 atom stereocenters. The number of hydrogen-bond donors (Lipinski definition) is 4. The van der Waals surface area contributed by atoms with Crippen molar-refractivity contribution in [2.24, 2.45) is 0 Å². The van der Waals surface area contributed by atoms with E-state index in [1.54, 1.807) is 6.08 Å². The van der Waals surface area contributed by atoms with Crippen LogP contribution in [0.3, 0.4) is 0 Å².